The number of hydrogen-bond acceptors (Lipinski definition) is 2. The molecule has 0 aliphatic heterocycles. The lowest BCUT2D eigenvalue weighted by molar-refractivity contribution is 0.903. The first kappa shape index (κ1) is 7.79. The lowest BCUT2D eigenvalue weighted by Gasteiger charge is -1.92. The minimum Gasteiger partial charge on any atom is -0.313 e. The Labute approximate surface area is 66.9 Å². The highest BCUT2D eigenvalue weighted by molar-refractivity contribution is 5.60. The number of rotatable bonds is 3. The summed E-state index contributed by atoms with van der Waals surface area (Å²) in [4.78, 5) is 0. The number of hydrogen-bond donors (Lipinski definition) is 1. The minimum atomic E-state index is 0.891. The molecule has 2 heteroatoms. The summed E-state index contributed by atoms with van der Waals surface area (Å²) < 4.78 is 0. The van der Waals surface area contributed by atoms with Crippen molar-refractivity contribution in [2.24, 2.45) is 5.10 Å². The van der Waals surface area contributed by atoms with E-state index in [1.165, 1.54) is 5.56 Å². The molecule has 1 aromatic carbocycles. The van der Waals surface area contributed by atoms with Gasteiger partial charge in [0.05, 0.1) is 0 Å². The quantitative estimate of drug-likeness (QED) is 0.509. The Morgan fingerprint density at radius 3 is 2.73 bits per heavy atom. The van der Waals surface area contributed by atoms with E-state index in [-0.39, 0.29) is 0 Å². The lowest BCUT2D eigenvalue weighted by atomic mass is 10.2. The third-order valence-corrected chi connectivity index (χ3v) is 1.39. The molecular weight excluding hydrogens is 136 g/mol. The van der Waals surface area contributed by atoms with E-state index in [0.29, 0.717) is 0 Å². The van der Waals surface area contributed by atoms with E-state index >= 15 is 0 Å². The molecule has 0 fully saturated rings. The van der Waals surface area contributed by atoms with Crippen LogP contribution in [-0.4, -0.2) is 13.3 Å². The van der Waals surface area contributed by atoms with E-state index in [4.69, 9.17) is 0 Å². The van der Waals surface area contributed by atoms with Crippen LogP contribution in [0, 0.1) is 0 Å². The van der Waals surface area contributed by atoms with Crippen LogP contribution >= 0.6 is 0 Å². The van der Waals surface area contributed by atoms with Crippen LogP contribution in [0.5, 0.6) is 0 Å². The van der Waals surface area contributed by atoms with Gasteiger partial charge in [0.1, 0.15) is 0 Å². The normalized spacial score (nSPS) is 10.3. The highest BCUT2D eigenvalue weighted by Crippen LogP contribution is 1.96. The van der Waals surface area contributed by atoms with Crippen molar-refractivity contribution in [3.05, 3.63) is 35.9 Å². The second-order valence-corrected chi connectivity index (χ2v) is 2.23. The molecule has 2 nitrogen and oxygen atoms in total. The Kier molecular flexibility index (Phi) is 3.19. The molecule has 0 unspecified atom stereocenters. The molecule has 11 heavy (non-hydrogen) atoms. The highest BCUT2D eigenvalue weighted by Gasteiger charge is 1.84. The van der Waals surface area contributed by atoms with Crippen molar-refractivity contribution in [2.75, 3.05) is 7.05 Å². The van der Waals surface area contributed by atoms with Crippen molar-refractivity contribution in [2.45, 2.75) is 6.42 Å². The Bertz CT molecular complexity index is 216. The number of nitrogens with one attached hydrogen (secondary N) is 1. The molecule has 0 aromatic heterocycles. The number of hydrazone groups is 1. The fourth-order valence-corrected chi connectivity index (χ4v) is 0.856. The van der Waals surface area contributed by atoms with Gasteiger partial charge in [-0.3, -0.25) is 0 Å². The molecule has 0 bridgehead atoms. The van der Waals surface area contributed by atoms with Gasteiger partial charge in [0.15, 0.2) is 0 Å². The topological polar surface area (TPSA) is 24.4 Å². The summed E-state index contributed by atoms with van der Waals surface area (Å²) in [6, 6.07) is 10.2. The molecule has 0 spiro atoms. The van der Waals surface area contributed by atoms with Crippen LogP contribution in [0.2, 0.25) is 0 Å². The zero-order chi connectivity index (χ0) is 7.94. The van der Waals surface area contributed by atoms with Gasteiger partial charge < -0.3 is 5.43 Å². The molecule has 1 aromatic rings. The molecule has 0 aliphatic carbocycles. The Morgan fingerprint density at radius 1 is 1.36 bits per heavy atom. The van der Waals surface area contributed by atoms with Crippen LogP contribution in [0.15, 0.2) is 35.4 Å². The molecule has 1 rings (SSSR count). The number of benzene rings is 1. The maximum atomic E-state index is 3.89. The Hall–Kier alpha value is -1.31. The third-order valence-electron chi connectivity index (χ3n) is 1.39. The van der Waals surface area contributed by atoms with Crippen molar-refractivity contribution in [1.29, 1.82) is 0 Å². The van der Waals surface area contributed by atoms with Crippen LogP contribution in [-0.2, 0) is 6.42 Å². The van der Waals surface area contributed by atoms with Crippen LogP contribution in [0.3, 0.4) is 0 Å². The second-order valence-electron chi connectivity index (χ2n) is 2.23. The first-order chi connectivity index (χ1) is 5.43. The van der Waals surface area contributed by atoms with Gasteiger partial charge in [-0.05, 0) is 5.56 Å². The fourth-order valence-electron chi connectivity index (χ4n) is 0.856. The summed E-state index contributed by atoms with van der Waals surface area (Å²) in [7, 11) is 1.79. The van der Waals surface area contributed by atoms with Crippen molar-refractivity contribution in [3.8, 4) is 0 Å². The van der Waals surface area contributed by atoms with E-state index < -0.39 is 0 Å². The maximum Gasteiger partial charge on any atom is 0.0286 e. The average molecular weight is 148 g/mol. The second kappa shape index (κ2) is 4.50. The van der Waals surface area contributed by atoms with Gasteiger partial charge in [-0.1, -0.05) is 30.3 Å². The molecule has 1 N–H and O–H groups in total. The Balaban J connectivity index is 2.45. The van der Waals surface area contributed by atoms with Crippen molar-refractivity contribution >= 4 is 6.21 Å². The molecule has 0 amide bonds. The van der Waals surface area contributed by atoms with Gasteiger partial charge in [-0.25, -0.2) is 0 Å². The van der Waals surface area contributed by atoms with Gasteiger partial charge in [0, 0.05) is 19.7 Å². The van der Waals surface area contributed by atoms with E-state index in [1.54, 1.807) is 7.05 Å². The summed E-state index contributed by atoms with van der Waals surface area (Å²) >= 11 is 0. The van der Waals surface area contributed by atoms with Gasteiger partial charge in [0.2, 0.25) is 0 Å². The standard InChI is InChI=1S/C9H12N2/c1-10-11-8-7-9-5-3-2-4-6-9/h2-6,8,10H,7H2,1H3/b11-8+. The van der Waals surface area contributed by atoms with Crippen molar-refractivity contribution in [1.82, 2.24) is 5.43 Å². The summed E-state index contributed by atoms with van der Waals surface area (Å²) in [5, 5.41) is 3.89. The summed E-state index contributed by atoms with van der Waals surface area (Å²) in [6.45, 7) is 0. The molecule has 0 saturated carbocycles. The molecule has 0 saturated heterocycles. The first-order valence-electron chi connectivity index (χ1n) is 3.65. The van der Waals surface area contributed by atoms with E-state index in [9.17, 15) is 0 Å². The first-order valence-corrected chi connectivity index (χ1v) is 3.65. The predicted molar refractivity (Wildman–Crippen MR) is 47.7 cm³/mol. The predicted octanol–water partition coefficient (Wildman–Crippen LogP) is 1.43. The largest absolute Gasteiger partial charge is 0.313 e. The van der Waals surface area contributed by atoms with Crippen LogP contribution < -0.4 is 5.43 Å². The zero-order valence-electron chi connectivity index (χ0n) is 6.62. The fraction of sp³-hybridized carbons (Fsp3) is 0.222. The Morgan fingerprint density at radius 2 is 2.09 bits per heavy atom. The summed E-state index contributed by atoms with van der Waals surface area (Å²) in [6.07, 6.45) is 2.75. The van der Waals surface area contributed by atoms with Crippen molar-refractivity contribution in [3.63, 3.8) is 0 Å². The monoisotopic (exact) mass is 148 g/mol. The molecule has 0 aliphatic rings. The van der Waals surface area contributed by atoms with Crippen LogP contribution in [0.25, 0.3) is 0 Å². The van der Waals surface area contributed by atoms with E-state index in [1.807, 2.05) is 24.4 Å². The smallest absolute Gasteiger partial charge is 0.0286 e. The van der Waals surface area contributed by atoms with Gasteiger partial charge in [-0.15, -0.1) is 0 Å². The highest BCUT2D eigenvalue weighted by atomic mass is 15.3. The SMILES string of the molecule is CN/N=C/Cc1ccccc1. The lowest BCUT2D eigenvalue weighted by Crippen LogP contribution is -1.95. The van der Waals surface area contributed by atoms with Gasteiger partial charge >= 0.3 is 0 Å². The summed E-state index contributed by atoms with van der Waals surface area (Å²) in [5.41, 5.74) is 3.99. The minimum absolute atomic E-state index is 0.891. The van der Waals surface area contributed by atoms with Gasteiger partial charge in [0.25, 0.3) is 0 Å². The van der Waals surface area contributed by atoms with Crippen LogP contribution in [0.1, 0.15) is 5.56 Å². The third kappa shape index (κ3) is 2.85. The molecule has 0 radical (unpaired) electrons. The molecule has 0 atom stereocenters. The maximum absolute atomic E-state index is 3.89. The summed E-state index contributed by atoms with van der Waals surface area (Å²) in [5.74, 6) is 0. The van der Waals surface area contributed by atoms with Gasteiger partial charge in [-0.2, -0.15) is 5.10 Å². The molecule has 58 valence electrons. The average Bonchev–Trinajstić information content (AvgIpc) is 2.07. The van der Waals surface area contributed by atoms with Crippen LogP contribution in [0.4, 0.5) is 0 Å². The molecular formula is C9H12N2. The van der Waals surface area contributed by atoms with Crippen molar-refractivity contribution < 1.29 is 0 Å². The van der Waals surface area contributed by atoms with E-state index in [2.05, 4.69) is 22.7 Å². The zero-order valence-corrected chi connectivity index (χ0v) is 6.62. The molecule has 0 heterocycles. The number of nitrogens with zero attached hydrogens (tertiary/aromatic N) is 1. The van der Waals surface area contributed by atoms with E-state index in [0.717, 1.165) is 6.42 Å².